The van der Waals surface area contributed by atoms with Crippen LogP contribution in [0.4, 0.5) is 0 Å². The number of carbonyl (C=O) groups excluding carboxylic acids is 1. The van der Waals surface area contributed by atoms with Crippen molar-refractivity contribution >= 4 is 15.7 Å². The first-order valence-corrected chi connectivity index (χ1v) is 9.65. The number of sulfone groups is 1. The topological polar surface area (TPSA) is 133 Å². The minimum absolute atomic E-state index is 0.290. The van der Waals surface area contributed by atoms with E-state index in [1.807, 2.05) is 0 Å². The Bertz CT molecular complexity index is 839. The Morgan fingerprint density at radius 3 is 2.62 bits per heavy atom. The van der Waals surface area contributed by atoms with Crippen molar-refractivity contribution in [2.24, 2.45) is 5.73 Å². The Balaban J connectivity index is 2.35. The molecule has 1 saturated heterocycles. The number of nitrogens with one attached hydrogen (secondary N) is 1. The van der Waals surface area contributed by atoms with E-state index in [0.29, 0.717) is 44.8 Å². The molecule has 24 heavy (non-hydrogen) atoms. The lowest BCUT2D eigenvalue weighted by Crippen LogP contribution is -2.46. The fraction of sp³-hybridized carbons (Fsp3) is 0.643. The summed E-state index contributed by atoms with van der Waals surface area (Å²) in [5, 5.41) is 3.21. The van der Waals surface area contributed by atoms with Gasteiger partial charge >= 0.3 is 0 Å². The van der Waals surface area contributed by atoms with E-state index < -0.39 is 37.5 Å². The summed E-state index contributed by atoms with van der Waals surface area (Å²) < 4.78 is 31.4. The molecule has 3 N–H and O–H groups in total. The van der Waals surface area contributed by atoms with Crippen LogP contribution in [0.1, 0.15) is 35.6 Å². The maximum atomic E-state index is 12.8. The van der Waals surface area contributed by atoms with Crippen molar-refractivity contribution in [1.29, 1.82) is 0 Å². The van der Waals surface area contributed by atoms with Gasteiger partial charge in [-0.05, 0) is 32.4 Å². The predicted molar refractivity (Wildman–Crippen MR) is 84.5 cm³/mol. The summed E-state index contributed by atoms with van der Waals surface area (Å²) in [5.74, 6) is -0.739. The van der Waals surface area contributed by atoms with E-state index >= 15 is 0 Å². The first-order valence-electron chi connectivity index (χ1n) is 7.76. The smallest absolute Gasteiger partial charge is 0.273 e. The van der Waals surface area contributed by atoms with Crippen LogP contribution in [0, 0.1) is 0 Å². The van der Waals surface area contributed by atoms with Crippen LogP contribution < -0.4 is 16.6 Å². The van der Waals surface area contributed by atoms with Gasteiger partial charge in [-0.15, -0.1) is 0 Å². The number of nitrogens with zero attached hydrogens (tertiary/aromatic N) is 2. The molecule has 1 aromatic rings. The standard InChI is InChI=1S/C14H20N4O5S/c1-24(21,22)10-9(11(15)19)17-13-14(3-5-16-6-4-14)23-8-2-7-18(13)12(10)20/h16H,2-8H2,1H3,(H2,15,19). The van der Waals surface area contributed by atoms with Gasteiger partial charge in [0.15, 0.2) is 20.4 Å². The summed E-state index contributed by atoms with van der Waals surface area (Å²) in [4.78, 5) is 28.2. The molecule has 9 nitrogen and oxygen atoms in total. The van der Waals surface area contributed by atoms with E-state index in [1.54, 1.807) is 0 Å². The van der Waals surface area contributed by atoms with E-state index in [9.17, 15) is 18.0 Å². The quantitative estimate of drug-likeness (QED) is 0.676. The molecule has 1 aromatic heterocycles. The average molecular weight is 356 g/mol. The van der Waals surface area contributed by atoms with Gasteiger partial charge in [0, 0.05) is 19.4 Å². The van der Waals surface area contributed by atoms with Crippen LogP contribution in [0.15, 0.2) is 9.69 Å². The molecule has 3 rings (SSSR count). The van der Waals surface area contributed by atoms with Crippen LogP contribution in [0.3, 0.4) is 0 Å². The average Bonchev–Trinajstić information content (AvgIpc) is 2.67. The minimum atomic E-state index is -3.95. The van der Waals surface area contributed by atoms with E-state index in [4.69, 9.17) is 10.5 Å². The van der Waals surface area contributed by atoms with Crippen molar-refractivity contribution in [1.82, 2.24) is 14.9 Å². The highest BCUT2D eigenvalue weighted by Gasteiger charge is 2.42. The molecule has 10 heteroatoms. The second-order valence-corrected chi connectivity index (χ2v) is 8.11. The van der Waals surface area contributed by atoms with Crippen molar-refractivity contribution in [3.05, 3.63) is 21.9 Å². The van der Waals surface area contributed by atoms with Crippen LogP contribution in [0.2, 0.25) is 0 Å². The van der Waals surface area contributed by atoms with Gasteiger partial charge < -0.3 is 15.8 Å². The van der Waals surface area contributed by atoms with Crippen LogP contribution in [-0.4, -0.2) is 49.8 Å². The molecule has 0 radical (unpaired) electrons. The molecule has 1 fully saturated rings. The molecule has 0 atom stereocenters. The highest BCUT2D eigenvalue weighted by atomic mass is 32.2. The molecule has 0 unspecified atom stereocenters. The molecule has 1 amide bonds. The van der Waals surface area contributed by atoms with Crippen molar-refractivity contribution in [2.75, 3.05) is 26.0 Å². The number of piperidine rings is 1. The van der Waals surface area contributed by atoms with Crippen LogP contribution >= 0.6 is 0 Å². The number of amides is 1. The fourth-order valence-corrected chi connectivity index (χ4v) is 4.27. The SMILES string of the molecule is CS(=O)(=O)c1c(C(N)=O)nc2n(c1=O)CCCOC21CCNCC1. The third-order valence-corrected chi connectivity index (χ3v) is 5.56. The number of fused-ring (bicyclic) bond motifs is 2. The lowest BCUT2D eigenvalue weighted by molar-refractivity contribution is -0.0731. The predicted octanol–water partition coefficient (Wildman–Crippen LogP) is -1.26. The van der Waals surface area contributed by atoms with Gasteiger partial charge in [-0.1, -0.05) is 0 Å². The zero-order valence-electron chi connectivity index (χ0n) is 13.4. The van der Waals surface area contributed by atoms with E-state index in [0.717, 1.165) is 6.26 Å². The van der Waals surface area contributed by atoms with Gasteiger partial charge in [-0.2, -0.15) is 0 Å². The third kappa shape index (κ3) is 2.74. The molecule has 0 bridgehead atoms. The monoisotopic (exact) mass is 356 g/mol. The van der Waals surface area contributed by atoms with Gasteiger partial charge in [0.1, 0.15) is 11.4 Å². The third-order valence-electron chi connectivity index (χ3n) is 4.46. The molecule has 1 spiro atoms. The Morgan fingerprint density at radius 1 is 1.38 bits per heavy atom. The number of primary amides is 1. The van der Waals surface area contributed by atoms with Crippen LogP contribution in [0.5, 0.6) is 0 Å². The minimum Gasteiger partial charge on any atom is -0.367 e. The maximum Gasteiger partial charge on any atom is 0.273 e. The largest absolute Gasteiger partial charge is 0.367 e. The highest BCUT2D eigenvalue weighted by molar-refractivity contribution is 7.90. The van der Waals surface area contributed by atoms with E-state index in [-0.39, 0.29) is 6.54 Å². The van der Waals surface area contributed by atoms with Gasteiger partial charge in [-0.3, -0.25) is 14.2 Å². The van der Waals surface area contributed by atoms with E-state index in [2.05, 4.69) is 10.3 Å². The molecular formula is C14H20N4O5S. The molecule has 2 aliphatic rings. The van der Waals surface area contributed by atoms with Gasteiger partial charge in [0.25, 0.3) is 11.5 Å². The molecule has 0 aromatic carbocycles. The number of nitrogens with two attached hydrogens (primary N) is 1. The molecule has 0 saturated carbocycles. The summed E-state index contributed by atoms with van der Waals surface area (Å²) in [7, 11) is -3.95. The van der Waals surface area contributed by atoms with Crippen LogP contribution in [0.25, 0.3) is 0 Å². The Hall–Kier alpha value is -1.78. The number of hydrogen-bond donors (Lipinski definition) is 2. The van der Waals surface area contributed by atoms with Crippen molar-refractivity contribution in [3.63, 3.8) is 0 Å². The van der Waals surface area contributed by atoms with Gasteiger partial charge in [0.2, 0.25) is 0 Å². The molecule has 2 aliphatic heterocycles. The second-order valence-electron chi connectivity index (χ2n) is 6.15. The number of carbonyl (C=O) groups is 1. The van der Waals surface area contributed by atoms with Crippen molar-refractivity contribution < 1.29 is 17.9 Å². The normalized spacial score (nSPS) is 20.4. The first kappa shape index (κ1) is 17.1. The lowest BCUT2D eigenvalue weighted by Gasteiger charge is -2.36. The maximum absolute atomic E-state index is 12.8. The molecule has 3 heterocycles. The molecular weight excluding hydrogens is 336 g/mol. The second kappa shape index (κ2) is 5.94. The Morgan fingerprint density at radius 2 is 2.04 bits per heavy atom. The Labute approximate surface area is 139 Å². The van der Waals surface area contributed by atoms with Gasteiger partial charge in [-0.25, -0.2) is 13.4 Å². The lowest BCUT2D eigenvalue weighted by atomic mass is 9.90. The van der Waals surface area contributed by atoms with Crippen LogP contribution in [-0.2, 0) is 26.7 Å². The van der Waals surface area contributed by atoms with Crippen molar-refractivity contribution in [2.45, 2.75) is 36.3 Å². The van der Waals surface area contributed by atoms with Gasteiger partial charge in [0.05, 0.1) is 0 Å². The highest BCUT2D eigenvalue weighted by Crippen LogP contribution is 2.35. The molecule has 132 valence electrons. The number of ether oxygens (including phenoxy) is 1. The zero-order valence-corrected chi connectivity index (χ0v) is 14.2. The fourth-order valence-electron chi connectivity index (χ4n) is 3.35. The summed E-state index contributed by atoms with van der Waals surface area (Å²) >= 11 is 0. The summed E-state index contributed by atoms with van der Waals surface area (Å²) in [5.41, 5.74) is 3.25. The van der Waals surface area contributed by atoms with Crippen molar-refractivity contribution in [3.8, 4) is 0 Å². The summed E-state index contributed by atoms with van der Waals surface area (Å²) in [6, 6.07) is 0. The first-order chi connectivity index (χ1) is 11.3. The Kier molecular flexibility index (Phi) is 4.22. The van der Waals surface area contributed by atoms with E-state index in [1.165, 1.54) is 4.57 Å². The zero-order chi connectivity index (χ0) is 17.5. The number of hydrogen-bond acceptors (Lipinski definition) is 7. The number of rotatable bonds is 2. The summed E-state index contributed by atoms with van der Waals surface area (Å²) in [6.45, 7) is 2.08. The number of aromatic nitrogens is 2. The summed E-state index contributed by atoms with van der Waals surface area (Å²) in [6.07, 6.45) is 2.59. The molecule has 0 aliphatic carbocycles.